The van der Waals surface area contributed by atoms with Crippen LogP contribution in [0, 0.1) is 0 Å². The van der Waals surface area contributed by atoms with Gasteiger partial charge in [-0.1, -0.05) is 12.7 Å². The van der Waals surface area contributed by atoms with Crippen LogP contribution in [-0.4, -0.2) is 41.6 Å². The molecule has 1 aromatic carbocycles. The van der Waals surface area contributed by atoms with E-state index in [2.05, 4.69) is 37.2 Å². The van der Waals surface area contributed by atoms with E-state index in [9.17, 15) is 13.2 Å². The fourth-order valence-corrected chi connectivity index (χ4v) is 3.34. The Morgan fingerprint density at radius 3 is 2.38 bits per heavy atom. The third-order valence-electron chi connectivity index (χ3n) is 5.11. The number of nitrogens with zero attached hydrogens (tertiary/aromatic N) is 4. The predicted molar refractivity (Wildman–Crippen MR) is 136 cm³/mol. The van der Waals surface area contributed by atoms with Gasteiger partial charge in [0.1, 0.15) is 17.4 Å². The minimum Gasteiger partial charge on any atom is -0.497 e. The van der Waals surface area contributed by atoms with Gasteiger partial charge in [0.15, 0.2) is 0 Å². The Morgan fingerprint density at radius 2 is 1.78 bits per heavy atom. The number of benzene rings is 1. The SMILES string of the molecule is C=C/C(=C(\N=C(/C)Nc1cc(OC)cc(C(F)(F)F)c1)NCCc1ccncc1)c1cnc(OC)nc1. The zero-order chi connectivity index (χ0) is 26.8. The number of aliphatic imine (C=N–C) groups is 1. The summed E-state index contributed by atoms with van der Waals surface area (Å²) < 4.78 is 50.1. The standard InChI is InChI=1S/C26H27F3N6O2/c1-5-23(19-15-32-25(37-4)33-16-19)24(31-11-8-18-6-9-30-10-7-18)35-17(2)34-21-12-20(26(27,28)29)13-22(14-21)36-3/h5-7,9-10,12-16,31H,1,8,11H2,2-4H3,(H,34,35)/b24-23+. The Balaban J connectivity index is 1.94. The first-order valence-corrected chi connectivity index (χ1v) is 11.2. The molecule has 194 valence electrons. The summed E-state index contributed by atoms with van der Waals surface area (Å²) in [6, 6.07) is 7.41. The number of aromatic nitrogens is 3. The molecule has 8 nitrogen and oxygen atoms in total. The van der Waals surface area contributed by atoms with Crippen molar-refractivity contribution in [2.24, 2.45) is 4.99 Å². The quantitative estimate of drug-likeness (QED) is 0.221. The monoisotopic (exact) mass is 512 g/mol. The summed E-state index contributed by atoms with van der Waals surface area (Å²) in [5, 5.41) is 6.21. The molecule has 2 aromatic heterocycles. The van der Waals surface area contributed by atoms with E-state index in [0.29, 0.717) is 35.8 Å². The summed E-state index contributed by atoms with van der Waals surface area (Å²) in [6.07, 6.45) is 4.33. The minimum atomic E-state index is -4.53. The van der Waals surface area contributed by atoms with Gasteiger partial charge < -0.3 is 20.1 Å². The molecule has 2 N–H and O–H groups in total. The fourth-order valence-electron chi connectivity index (χ4n) is 3.34. The zero-order valence-corrected chi connectivity index (χ0v) is 20.6. The van der Waals surface area contributed by atoms with Crippen molar-refractivity contribution in [3.63, 3.8) is 0 Å². The van der Waals surface area contributed by atoms with E-state index < -0.39 is 11.7 Å². The van der Waals surface area contributed by atoms with Gasteiger partial charge in [0.2, 0.25) is 0 Å². The van der Waals surface area contributed by atoms with E-state index in [1.165, 1.54) is 20.3 Å². The summed E-state index contributed by atoms with van der Waals surface area (Å²) in [7, 11) is 2.77. The Labute approximate surface area is 213 Å². The summed E-state index contributed by atoms with van der Waals surface area (Å²) in [5.41, 5.74) is 1.64. The summed E-state index contributed by atoms with van der Waals surface area (Å²) in [4.78, 5) is 16.9. The van der Waals surface area contributed by atoms with Crippen molar-refractivity contribution in [2.75, 3.05) is 26.1 Å². The van der Waals surface area contributed by atoms with E-state index >= 15 is 0 Å². The van der Waals surface area contributed by atoms with Crippen LogP contribution in [0.15, 0.2) is 78.6 Å². The van der Waals surface area contributed by atoms with Gasteiger partial charge in [-0.2, -0.15) is 13.2 Å². The van der Waals surface area contributed by atoms with Gasteiger partial charge >= 0.3 is 12.2 Å². The molecule has 0 spiro atoms. The molecule has 0 fully saturated rings. The average molecular weight is 513 g/mol. The van der Waals surface area contributed by atoms with Crippen molar-refractivity contribution in [3.8, 4) is 11.8 Å². The third-order valence-corrected chi connectivity index (χ3v) is 5.11. The lowest BCUT2D eigenvalue weighted by Crippen LogP contribution is -2.20. The van der Waals surface area contributed by atoms with Crippen molar-refractivity contribution >= 4 is 17.1 Å². The maximum absolute atomic E-state index is 13.3. The highest BCUT2D eigenvalue weighted by Gasteiger charge is 2.31. The van der Waals surface area contributed by atoms with E-state index in [0.717, 1.165) is 17.7 Å². The molecule has 3 aromatic rings. The second kappa shape index (κ2) is 12.5. The molecule has 0 radical (unpaired) electrons. The van der Waals surface area contributed by atoms with Crippen LogP contribution in [0.3, 0.4) is 0 Å². The number of ether oxygens (including phenoxy) is 2. The Kier molecular flexibility index (Phi) is 9.20. The summed E-state index contributed by atoms with van der Waals surface area (Å²) in [5.74, 6) is 0.835. The number of hydrogen-bond acceptors (Lipinski definition) is 7. The molecule has 2 heterocycles. The lowest BCUT2D eigenvalue weighted by Gasteiger charge is -2.15. The van der Waals surface area contributed by atoms with Crippen LogP contribution in [0.4, 0.5) is 18.9 Å². The molecule has 0 aliphatic rings. The van der Waals surface area contributed by atoms with Crippen LogP contribution in [0.25, 0.3) is 5.57 Å². The molecular weight excluding hydrogens is 485 g/mol. The van der Waals surface area contributed by atoms with Crippen LogP contribution in [0.5, 0.6) is 11.8 Å². The lowest BCUT2D eigenvalue weighted by atomic mass is 10.1. The highest BCUT2D eigenvalue weighted by atomic mass is 19.4. The fraction of sp³-hybridized carbons (Fsp3) is 0.231. The minimum absolute atomic E-state index is 0.0681. The van der Waals surface area contributed by atoms with Crippen LogP contribution in [-0.2, 0) is 12.6 Å². The number of methoxy groups -OCH3 is 2. The summed E-state index contributed by atoms with van der Waals surface area (Å²) in [6.45, 7) is 6.05. The number of anilines is 1. The molecule has 0 aliphatic heterocycles. The van der Waals surface area contributed by atoms with Gasteiger partial charge in [-0.3, -0.25) is 4.98 Å². The molecule has 0 saturated carbocycles. The van der Waals surface area contributed by atoms with Crippen molar-refractivity contribution < 1.29 is 22.6 Å². The Hall–Kier alpha value is -4.41. The maximum Gasteiger partial charge on any atom is 0.416 e. The van der Waals surface area contributed by atoms with Gasteiger partial charge in [-0.05, 0) is 43.2 Å². The van der Waals surface area contributed by atoms with Gasteiger partial charge in [0.05, 0.1) is 19.8 Å². The largest absolute Gasteiger partial charge is 0.497 e. The highest BCUT2D eigenvalue weighted by molar-refractivity contribution is 5.95. The Morgan fingerprint density at radius 1 is 1.08 bits per heavy atom. The number of amidine groups is 1. The van der Waals surface area contributed by atoms with E-state index in [4.69, 9.17) is 9.47 Å². The first kappa shape index (κ1) is 27.2. The van der Waals surface area contributed by atoms with Gasteiger partial charge in [0.25, 0.3) is 0 Å². The highest BCUT2D eigenvalue weighted by Crippen LogP contribution is 2.34. The van der Waals surface area contributed by atoms with Gasteiger partial charge in [0, 0.05) is 54.2 Å². The summed E-state index contributed by atoms with van der Waals surface area (Å²) >= 11 is 0. The van der Waals surface area contributed by atoms with Crippen molar-refractivity contribution in [2.45, 2.75) is 19.5 Å². The first-order chi connectivity index (χ1) is 17.7. The van der Waals surface area contributed by atoms with Crippen LogP contribution < -0.4 is 20.1 Å². The van der Waals surface area contributed by atoms with Crippen molar-refractivity contribution in [1.29, 1.82) is 0 Å². The molecule has 0 amide bonds. The van der Waals surface area contributed by atoms with E-state index in [1.807, 2.05) is 12.1 Å². The number of hydrogen-bond donors (Lipinski definition) is 2. The van der Waals surface area contributed by atoms with Gasteiger partial charge in [-0.25, -0.2) is 15.0 Å². The predicted octanol–water partition coefficient (Wildman–Crippen LogP) is 5.13. The molecule has 0 atom stereocenters. The number of nitrogens with one attached hydrogen (secondary N) is 2. The van der Waals surface area contributed by atoms with Gasteiger partial charge in [-0.15, -0.1) is 0 Å². The normalized spacial score (nSPS) is 12.4. The first-order valence-electron chi connectivity index (χ1n) is 11.2. The second-order valence-corrected chi connectivity index (χ2v) is 7.73. The van der Waals surface area contributed by atoms with Crippen molar-refractivity contribution in [3.05, 3.63) is 90.3 Å². The molecule has 0 unspecified atom stereocenters. The Bertz CT molecular complexity index is 1260. The molecule has 0 bridgehead atoms. The molecule has 37 heavy (non-hydrogen) atoms. The smallest absolute Gasteiger partial charge is 0.416 e. The number of pyridine rings is 1. The lowest BCUT2D eigenvalue weighted by molar-refractivity contribution is -0.137. The van der Waals surface area contributed by atoms with Crippen LogP contribution in [0.2, 0.25) is 0 Å². The molecule has 0 saturated heterocycles. The zero-order valence-electron chi connectivity index (χ0n) is 20.6. The van der Waals surface area contributed by atoms with E-state index in [1.54, 1.807) is 37.8 Å². The second-order valence-electron chi connectivity index (χ2n) is 7.73. The van der Waals surface area contributed by atoms with E-state index in [-0.39, 0.29) is 17.4 Å². The molecular formula is C26H27F3N6O2. The number of alkyl halides is 3. The molecule has 11 heteroatoms. The van der Waals surface area contributed by atoms with Crippen molar-refractivity contribution in [1.82, 2.24) is 20.3 Å². The van der Waals surface area contributed by atoms with Crippen LogP contribution >= 0.6 is 0 Å². The maximum atomic E-state index is 13.3. The number of rotatable bonds is 10. The molecule has 3 rings (SSSR count). The average Bonchev–Trinajstić information content (AvgIpc) is 2.89. The topological polar surface area (TPSA) is 93.6 Å². The van der Waals surface area contributed by atoms with Crippen LogP contribution in [0.1, 0.15) is 23.6 Å². The molecule has 0 aliphatic carbocycles. The third kappa shape index (κ3) is 7.79. The number of halogens is 3. The number of allylic oxidation sites excluding steroid dienone is 2.